The first-order valence-electron chi connectivity index (χ1n) is 11.3. The Morgan fingerprint density at radius 2 is 1.73 bits per heavy atom. The lowest BCUT2D eigenvalue weighted by Gasteiger charge is -2.28. The molecule has 8 nitrogen and oxygen atoms in total. The number of methoxy groups -OCH3 is 3. The maximum Gasteiger partial charge on any atom is 0.328 e. The van der Waals surface area contributed by atoms with E-state index < -0.39 is 5.69 Å². The van der Waals surface area contributed by atoms with Crippen LogP contribution in [0.1, 0.15) is 23.5 Å². The van der Waals surface area contributed by atoms with Crippen molar-refractivity contribution in [2.24, 2.45) is 5.92 Å². The minimum Gasteiger partial charge on any atom is -0.496 e. The van der Waals surface area contributed by atoms with Gasteiger partial charge in [-0.1, -0.05) is 12.1 Å². The van der Waals surface area contributed by atoms with E-state index in [1.54, 1.807) is 19.2 Å². The molecule has 2 atom stereocenters. The number of fused-ring (bicyclic) bond motifs is 4. The normalized spacial score (nSPS) is 19.8. The molecule has 0 bridgehead atoms. The van der Waals surface area contributed by atoms with Crippen molar-refractivity contribution in [1.29, 1.82) is 0 Å². The Hall–Kier alpha value is -3.26. The molecule has 2 aliphatic rings. The minimum atomic E-state index is -0.411. The quantitative estimate of drug-likeness (QED) is 0.619. The summed E-state index contributed by atoms with van der Waals surface area (Å²) in [5, 5.41) is 0.406. The summed E-state index contributed by atoms with van der Waals surface area (Å²) in [5.74, 6) is 2.96. The zero-order valence-electron chi connectivity index (χ0n) is 19.2. The number of H-pyrrole nitrogens is 1. The van der Waals surface area contributed by atoms with Crippen molar-refractivity contribution in [2.75, 3.05) is 41.0 Å². The second-order valence-electron chi connectivity index (χ2n) is 8.83. The molecule has 8 heteroatoms. The summed E-state index contributed by atoms with van der Waals surface area (Å²) in [7, 11) is 4.77. The van der Waals surface area contributed by atoms with Crippen LogP contribution >= 0.6 is 0 Å². The molecule has 33 heavy (non-hydrogen) atoms. The van der Waals surface area contributed by atoms with Crippen molar-refractivity contribution in [3.05, 3.63) is 62.3 Å². The van der Waals surface area contributed by atoms with Gasteiger partial charge in [0.05, 0.1) is 32.2 Å². The van der Waals surface area contributed by atoms with Crippen LogP contribution < -0.4 is 25.5 Å². The maximum absolute atomic E-state index is 13.1. The summed E-state index contributed by atoms with van der Waals surface area (Å²) in [6, 6.07) is 9.57. The van der Waals surface area contributed by atoms with E-state index in [2.05, 4.69) is 22.0 Å². The predicted octanol–water partition coefficient (Wildman–Crippen LogP) is 2.38. The monoisotopic (exact) mass is 451 g/mol. The average molecular weight is 452 g/mol. The van der Waals surface area contributed by atoms with E-state index in [1.807, 2.05) is 6.07 Å². The Morgan fingerprint density at radius 1 is 0.970 bits per heavy atom. The summed E-state index contributed by atoms with van der Waals surface area (Å²) in [5.41, 5.74) is 2.42. The van der Waals surface area contributed by atoms with Crippen LogP contribution in [0.2, 0.25) is 0 Å². The van der Waals surface area contributed by atoms with Gasteiger partial charge in [-0.3, -0.25) is 9.36 Å². The lowest BCUT2D eigenvalue weighted by Crippen LogP contribution is -2.38. The predicted molar refractivity (Wildman–Crippen MR) is 126 cm³/mol. The van der Waals surface area contributed by atoms with Crippen molar-refractivity contribution in [2.45, 2.75) is 25.3 Å². The number of hydrogen-bond donors (Lipinski definition) is 1. The summed E-state index contributed by atoms with van der Waals surface area (Å²) in [6.07, 6.45) is 2.16. The number of nitrogens with zero attached hydrogens (tertiary/aromatic N) is 2. The molecule has 1 aliphatic carbocycles. The van der Waals surface area contributed by atoms with E-state index in [4.69, 9.17) is 14.2 Å². The third-order valence-electron chi connectivity index (χ3n) is 7.20. The number of hydrogen-bond acceptors (Lipinski definition) is 6. The van der Waals surface area contributed by atoms with E-state index in [1.165, 1.54) is 29.9 Å². The van der Waals surface area contributed by atoms with Crippen LogP contribution in [-0.2, 0) is 13.0 Å². The van der Waals surface area contributed by atoms with Crippen molar-refractivity contribution in [1.82, 2.24) is 14.5 Å². The van der Waals surface area contributed by atoms with Crippen LogP contribution in [0, 0.1) is 5.92 Å². The Morgan fingerprint density at radius 3 is 2.48 bits per heavy atom. The van der Waals surface area contributed by atoms with E-state index >= 15 is 0 Å². The van der Waals surface area contributed by atoms with Gasteiger partial charge in [0.15, 0.2) is 11.5 Å². The van der Waals surface area contributed by atoms with Gasteiger partial charge in [-0.2, -0.15) is 0 Å². The average Bonchev–Trinajstić information content (AvgIpc) is 3.26. The zero-order chi connectivity index (χ0) is 23.1. The highest BCUT2D eigenvalue weighted by Gasteiger charge is 2.38. The van der Waals surface area contributed by atoms with Gasteiger partial charge in [0.2, 0.25) is 0 Å². The highest BCUT2D eigenvalue weighted by atomic mass is 16.5. The summed E-state index contributed by atoms with van der Waals surface area (Å²) < 4.78 is 17.5. The third kappa shape index (κ3) is 3.68. The number of nitrogens with one attached hydrogen (secondary N) is 1. The van der Waals surface area contributed by atoms with Crippen LogP contribution in [0.3, 0.4) is 0 Å². The van der Waals surface area contributed by atoms with E-state index in [0.717, 1.165) is 31.7 Å². The van der Waals surface area contributed by atoms with Crippen molar-refractivity contribution >= 4 is 10.9 Å². The Balaban J connectivity index is 1.37. The molecule has 2 unspecified atom stereocenters. The third-order valence-corrected chi connectivity index (χ3v) is 7.20. The first-order valence-corrected chi connectivity index (χ1v) is 11.3. The SMILES string of the molecule is COc1cc2[nH]c(=O)n(CCN3CC4CCc5c(OC)cccc5C4C3)c(=O)c2cc1OC. The van der Waals surface area contributed by atoms with Crippen LogP contribution in [-0.4, -0.2) is 55.4 Å². The second kappa shape index (κ2) is 8.59. The van der Waals surface area contributed by atoms with Gasteiger partial charge in [-0.25, -0.2) is 4.79 Å². The molecule has 3 aromatic rings. The molecule has 2 heterocycles. The molecule has 1 saturated heterocycles. The molecule has 1 fully saturated rings. The van der Waals surface area contributed by atoms with Gasteiger partial charge < -0.3 is 24.1 Å². The number of ether oxygens (including phenoxy) is 3. The Labute approximate surface area is 191 Å². The molecule has 1 aromatic heterocycles. The van der Waals surface area contributed by atoms with E-state index in [0.29, 0.717) is 47.3 Å². The number of benzene rings is 2. The van der Waals surface area contributed by atoms with Crippen molar-refractivity contribution < 1.29 is 14.2 Å². The molecule has 0 saturated carbocycles. The van der Waals surface area contributed by atoms with Crippen LogP contribution in [0.4, 0.5) is 0 Å². The Bertz CT molecular complexity index is 1310. The molecule has 0 amide bonds. The first kappa shape index (κ1) is 21.6. The topological polar surface area (TPSA) is 85.8 Å². The number of aromatic nitrogens is 2. The summed E-state index contributed by atoms with van der Waals surface area (Å²) in [6.45, 7) is 2.89. The van der Waals surface area contributed by atoms with Gasteiger partial charge in [0, 0.05) is 38.2 Å². The highest BCUT2D eigenvalue weighted by molar-refractivity contribution is 5.81. The molecule has 0 spiro atoms. The molecule has 0 radical (unpaired) electrons. The molecule has 5 rings (SSSR count). The first-order chi connectivity index (χ1) is 16.0. The molecule has 1 aliphatic heterocycles. The van der Waals surface area contributed by atoms with Crippen molar-refractivity contribution in [3.63, 3.8) is 0 Å². The van der Waals surface area contributed by atoms with Gasteiger partial charge in [-0.05, 0) is 42.0 Å². The summed E-state index contributed by atoms with van der Waals surface area (Å²) in [4.78, 5) is 31.0. The largest absolute Gasteiger partial charge is 0.496 e. The highest BCUT2D eigenvalue weighted by Crippen LogP contribution is 2.43. The number of likely N-dealkylation sites (tertiary alicyclic amines) is 1. The lowest BCUT2D eigenvalue weighted by atomic mass is 9.77. The minimum absolute atomic E-state index is 0.318. The molecular weight excluding hydrogens is 422 g/mol. The standard InChI is InChI=1S/C25H29N3O5/c1-31-21-6-4-5-16-17(21)8-7-15-13-27(14-19(15)16)9-10-28-24(29)18-11-22(32-2)23(33-3)12-20(18)26-25(28)30/h4-6,11-12,15,19H,7-10,13-14H2,1-3H3,(H,26,30). The summed E-state index contributed by atoms with van der Waals surface area (Å²) >= 11 is 0. The maximum atomic E-state index is 13.1. The molecule has 1 N–H and O–H groups in total. The van der Waals surface area contributed by atoms with Crippen molar-refractivity contribution in [3.8, 4) is 17.2 Å². The van der Waals surface area contributed by atoms with Crippen LogP contribution in [0.25, 0.3) is 10.9 Å². The molecule has 2 aromatic carbocycles. The van der Waals surface area contributed by atoms with E-state index in [9.17, 15) is 9.59 Å². The van der Waals surface area contributed by atoms with Gasteiger partial charge in [-0.15, -0.1) is 0 Å². The Kier molecular flexibility index (Phi) is 5.62. The van der Waals surface area contributed by atoms with Crippen LogP contribution in [0.15, 0.2) is 39.9 Å². The molecule has 174 valence electrons. The van der Waals surface area contributed by atoms with Crippen LogP contribution in [0.5, 0.6) is 17.2 Å². The van der Waals surface area contributed by atoms with Gasteiger partial charge in [0.25, 0.3) is 5.56 Å². The lowest BCUT2D eigenvalue weighted by molar-refractivity contribution is 0.303. The van der Waals surface area contributed by atoms with E-state index in [-0.39, 0.29) is 5.56 Å². The fourth-order valence-corrected chi connectivity index (χ4v) is 5.53. The second-order valence-corrected chi connectivity index (χ2v) is 8.83. The fraction of sp³-hybridized carbons (Fsp3) is 0.440. The smallest absolute Gasteiger partial charge is 0.328 e. The zero-order valence-corrected chi connectivity index (χ0v) is 19.2. The van der Waals surface area contributed by atoms with Gasteiger partial charge >= 0.3 is 5.69 Å². The van der Waals surface area contributed by atoms with Gasteiger partial charge in [0.1, 0.15) is 5.75 Å². The number of rotatable bonds is 6. The molecular formula is C25H29N3O5. The number of aromatic amines is 1. The fourth-order valence-electron chi connectivity index (χ4n) is 5.53.